The van der Waals surface area contributed by atoms with E-state index in [-0.39, 0.29) is 29.0 Å². The number of carbonyl (C=O) groups excluding carboxylic acids is 1. The van der Waals surface area contributed by atoms with Crippen LogP contribution in [0.2, 0.25) is 0 Å². The van der Waals surface area contributed by atoms with E-state index in [1.165, 1.54) is 23.9 Å². The SMILES string of the molecule is CSC(C[N+](=O)[O-])=NCCCN1CCC(C(=O)c2ccc(F)cc2)CC1. The molecular weight excluding hydrogens is 357 g/mol. The molecule has 0 amide bonds. The second-order valence-corrected chi connectivity index (χ2v) is 7.19. The van der Waals surface area contributed by atoms with Crippen molar-refractivity contribution in [3.05, 3.63) is 45.8 Å². The molecule has 1 saturated heterocycles. The van der Waals surface area contributed by atoms with Crippen LogP contribution in [0.1, 0.15) is 29.6 Å². The van der Waals surface area contributed by atoms with Crippen LogP contribution in [0.4, 0.5) is 4.39 Å². The maximum atomic E-state index is 13.0. The van der Waals surface area contributed by atoms with E-state index in [0.717, 1.165) is 38.9 Å². The molecular formula is C18H24FN3O3S. The van der Waals surface area contributed by atoms with Crippen LogP contribution in [0.5, 0.6) is 0 Å². The first-order chi connectivity index (χ1) is 12.5. The molecule has 0 aromatic heterocycles. The maximum Gasteiger partial charge on any atom is 0.250 e. The first-order valence-electron chi connectivity index (χ1n) is 8.71. The van der Waals surface area contributed by atoms with Crippen molar-refractivity contribution in [1.29, 1.82) is 0 Å². The summed E-state index contributed by atoms with van der Waals surface area (Å²) < 4.78 is 13.0. The number of Topliss-reactive ketones (excluding diaryl/α,β-unsaturated/α-hetero) is 1. The van der Waals surface area contributed by atoms with Crippen LogP contribution in [-0.2, 0) is 0 Å². The van der Waals surface area contributed by atoms with E-state index in [0.29, 0.717) is 17.2 Å². The summed E-state index contributed by atoms with van der Waals surface area (Å²) in [5.74, 6) is -0.238. The zero-order valence-electron chi connectivity index (χ0n) is 14.9. The minimum absolute atomic E-state index is 0.00193. The standard InChI is InChI=1S/C18H24FN3O3S/c1-26-17(13-22(24)25)20-9-2-10-21-11-7-15(8-12-21)18(23)14-3-5-16(19)6-4-14/h3-6,15H,2,7-13H2,1H3. The first kappa shape index (κ1) is 20.5. The quantitative estimate of drug-likeness (QED) is 0.173. The van der Waals surface area contributed by atoms with Crippen molar-refractivity contribution in [1.82, 2.24) is 4.90 Å². The molecule has 26 heavy (non-hydrogen) atoms. The third-order valence-electron chi connectivity index (χ3n) is 4.51. The van der Waals surface area contributed by atoms with Crippen molar-refractivity contribution >= 4 is 22.6 Å². The van der Waals surface area contributed by atoms with Crippen LogP contribution >= 0.6 is 11.8 Å². The van der Waals surface area contributed by atoms with Crippen molar-refractivity contribution in [2.45, 2.75) is 19.3 Å². The number of carbonyl (C=O) groups is 1. The normalized spacial score (nSPS) is 16.6. The summed E-state index contributed by atoms with van der Waals surface area (Å²) >= 11 is 1.32. The fourth-order valence-corrected chi connectivity index (χ4v) is 3.51. The molecule has 6 nitrogen and oxygen atoms in total. The molecule has 1 aromatic carbocycles. The highest BCUT2D eigenvalue weighted by molar-refractivity contribution is 8.13. The van der Waals surface area contributed by atoms with E-state index < -0.39 is 0 Å². The Morgan fingerprint density at radius 1 is 1.35 bits per heavy atom. The Balaban J connectivity index is 1.71. The molecule has 1 fully saturated rings. The molecule has 142 valence electrons. The van der Waals surface area contributed by atoms with Gasteiger partial charge in [-0.05, 0) is 69.4 Å². The molecule has 1 aromatic rings. The summed E-state index contributed by atoms with van der Waals surface area (Å²) in [5.41, 5.74) is 0.578. The van der Waals surface area contributed by atoms with Crippen LogP contribution in [0, 0.1) is 21.8 Å². The number of piperidine rings is 1. The summed E-state index contributed by atoms with van der Waals surface area (Å²) in [5, 5.41) is 11.1. The Morgan fingerprint density at radius 2 is 2.00 bits per heavy atom. The number of hydrogen-bond donors (Lipinski definition) is 0. The molecule has 1 aliphatic heterocycles. The fourth-order valence-electron chi connectivity index (χ4n) is 3.06. The number of benzene rings is 1. The number of nitro groups is 1. The molecule has 1 aliphatic rings. The molecule has 0 unspecified atom stereocenters. The summed E-state index contributed by atoms with van der Waals surface area (Å²) in [6.45, 7) is 2.95. The van der Waals surface area contributed by atoms with Crippen LogP contribution in [0.3, 0.4) is 0 Å². The van der Waals surface area contributed by atoms with Gasteiger partial charge in [0.25, 0.3) is 6.54 Å². The van der Waals surface area contributed by atoms with Crippen LogP contribution in [0.25, 0.3) is 0 Å². The van der Waals surface area contributed by atoms with Gasteiger partial charge in [-0.15, -0.1) is 11.8 Å². The minimum atomic E-state index is -0.363. The Labute approximate surface area is 157 Å². The predicted molar refractivity (Wildman–Crippen MR) is 102 cm³/mol. The average Bonchev–Trinajstić information content (AvgIpc) is 2.64. The summed E-state index contributed by atoms with van der Waals surface area (Å²) in [4.78, 5) is 29.2. The van der Waals surface area contributed by atoms with Gasteiger partial charge < -0.3 is 4.90 Å². The lowest BCUT2D eigenvalue weighted by atomic mass is 9.89. The molecule has 0 atom stereocenters. The number of aliphatic imine (C=N–C) groups is 1. The van der Waals surface area contributed by atoms with Gasteiger partial charge in [-0.25, -0.2) is 4.39 Å². The second-order valence-electron chi connectivity index (χ2n) is 6.31. The Hall–Kier alpha value is -1.80. The Kier molecular flexibility index (Phi) is 8.18. The highest BCUT2D eigenvalue weighted by atomic mass is 32.2. The van der Waals surface area contributed by atoms with Gasteiger partial charge in [0.15, 0.2) is 5.78 Å². The smallest absolute Gasteiger partial charge is 0.250 e. The number of likely N-dealkylation sites (tertiary alicyclic amines) is 1. The van der Waals surface area contributed by atoms with Gasteiger partial charge >= 0.3 is 0 Å². The van der Waals surface area contributed by atoms with E-state index in [1.54, 1.807) is 18.4 Å². The molecule has 0 spiro atoms. The zero-order chi connectivity index (χ0) is 18.9. The highest BCUT2D eigenvalue weighted by Crippen LogP contribution is 2.22. The van der Waals surface area contributed by atoms with Crippen LogP contribution < -0.4 is 0 Å². The molecule has 2 rings (SSSR count). The van der Waals surface area contributed by atoms with E-state index in [1.807, 2.05) is 0 Å². The molecule has 0 N–H and O–H groups in total. The lowest BCUT2D eigenvalue weighted by Crippen LogP contribution is -2.37. The third-order valence-corrected chi connectivity index (χ3v) is 5.24. The number of nitrogens with zero attached hydrogens (tertiary/aromatic N) is 3. The Morgan fingerprint density at radius 3 is 2.58 bits per heavy atom. The number of hydrogen-bond acceptors (Lipinski definition) is 6. The van der Waals surface area contributed by atoms with Gasteiger partial charge in [-0.1, -0.05) is 0 Å². The topological polar surface area (TPSA) is 75.8 Å². The number of ketones is 1. The fraction of sp³-hybridized carbons (Fsp3) is 0.556. The van der Waals surface area contributed by atoms with Crippen molar-refractivity contribution < 1.29 is 14.1 Å². The zero-order valence-corrected chi connectivity index (χ0v) is 15.7. The third kappa shape index (κ3) is 6.49. The number of rotatable bonds is 8. The molecule has 0 radical (unpaired) electrons. The molecule has 8 heteroatoms. The van der Waals surface area contributed by atoms with Gasteiger partial charge in [0.05, 0.1) is 0 Å². The number of halogens is 1. The second kappa shape index (κ2) is 10.4. The van der Waals surface area contributed by atoms with Crippen LogP contribution in [-0.4, -0.2) is 59.6 Å². The van der Waals surface area contributed by atoms with E-state index in [2.05, 4.69) is 9.89 Å². The molecule has 0 bridgehead atoms. The summed E-state index contributed by atoms with van der Waals surface area (Å²) in [7, 11) is 0. The van der Waals surface area contributed by atoms with E-state index in [4.69, 9.17) is 0 Å². The van der Waals surface area contributed by atoms with Gasteiger partial charge in [-0.2, -0.15) is 0 Å². The van der Waals surface area contributed by atoms with E-state index >= 15 is 0 Å². The minimum Gasteiger partial charge on any atom is -0.303 e. The lowest BCUT2D eigenvalue weighted by Gasteiger charge is -2.31. The average molecular weight is 381 g/mol. The lowest BCUT2D eigenvalue weighted by molar-refractivity contribution is -0.462. The van der Waals surface area contributed by atoms with Crippen LogP contribution in [0.15, 0.2) is 29.3 Å². The summed E-state index contributed by atoms with van der Waals surface area (Å²) in [6, 6.07) is 5.75. The number of thioether (sulfide) groups is 1. The van der Waals surface area contributed by atoms with Gasteiger partial charge in [-0.3, -0.25) is 19.9 Å². The maximum absolute atomic E-state index is 13.0. The Bertz CT molecular complexity index is 644. The molecule has 1 heterocycles. The summed E-state index contributed by atoms with van der Waals surface area (Å²) in [6.07, 6.45) is 4.25. The van der Waals surface area contributed by atoms with Crippen molar-refractivity contribution in [3.8, 4) is 0 Å². The van der Waals surface area contributed by atoms with Gasteiger partial charge in [0, 0.05) is 22.9 Å². The van der Waals surface area contributed by atoms with Gasteiger partial charge in [0.2, 0.25) is 0 Å². The highest BCUT2D eigenvalue weighted by Gasteiger charge is 2.25. The van der Waals surface area contributed by atoms with Crippen molar-refractivity contribution in [3.63, 3.8) is 0 Å². The molecule has 0 aliphatic carbocycles. The van der Waals surface area contributed by atoms with Crippen molar-refractivity contribution in [2.24, 2.45) is 10.9 Å². The van der Waals surface area contributed by atoms with E-state index in [9.17, 15) is 19.3 Å². The predicted octanol–water partition coefficient (Wildman–Crippen LogP) is 3.15. The monoisotopic (exact) mass is 381 g/mol. The van der Waals surface area contributed by atoms with Crippen molar-refractivity contribution in [2.75, 3.05) is 39.0 Å². The molecule has 0 saturated carbocycles. The first-order valence-corrected chi connectivity index (χ1v) is 9.93. The largest absolute Gasteiger partial charge is 0.303 e. The van der Waals surface area contributed by atoms with Gasteiger partial charge in [0.1, 0.15) is 10.9 Å².